The molecule has 3 aromatic carbocycles. The van der Waals surface area contributed by atoms with Crippen molar-refractivity contribution in [2.24, 2.45) is 0 Å². The van der Waals surface area contributed by atoms with Crippen LogP contribution in [0.3, 0.4) is 0 Å². The number of esters is 2. The minimum Gasteiger partial charge on any atom is -0.481 e. The summed E-state index contributed by atoms with van der Waals surface area (Å²) in [5.74, 6) is -57.8. The molecule has 0 spiro atoms. The van der Waals surface area contributed by atoms with Gasteiger partial charge in [-0.15, -0.1) is 0 Å². The van der Waals surface area contributed by atoms with Crippen LogP contribution in [0, 0.1) is 97.4 Å². The smallest absolute Gasteiger partial charge is 0.319 e. The standard InChI is InChI=1S/C28H12F15NO8/c29-10-9(11(30)13(32)14(33)12(10)31)6(27(48)52-26-23(42)19(38)16(35)20(39)24(26)43)5-28(44(49)50,3-1-7(45)46)4-2-8(47)51-25-21(40)17(36)15(34)18(37)22(25)41/h6H,1-5H2,(H,45,46). The van der Waals surface area contributed by atoms with E-state index in [9.17, 15) is 90.4 Å². The largest absolute Gasteiger partial charge is 0.481 e. The van der Waals surface area contributed by atoms with Crippen LogP contribution in [-0.4, -0.2) is 33.5 Å². The van der Waals surface area contributed by atoms with Crippen molar-refractivity contribution in [3.05, 3.63) is 103 Å². The summed E-state index contributed by atoms with van der Waals surface area (Å²) in [6.07, 6.45) is -8.45. The maximum Gasteiger partial charge on any atom is 0.319 e. The van der Waals surface area contributed by atoms with E-state index >= 15 is 0 Å². The summed E-state index contributed by atoms with van der Waals surface area (Å²) in [6.45, 7) is 0. The summed E-state index contributed by atoms with van der Waals surface area (Å²) in [5, 5.41) is 21.5. The molecule has 0 aliphatic rings. The number of hydrogen-bond acceptors (Lipinski definition) is 7. The molecule has 0 saturated carbocycles. The molecule has 0 aromatic heterocycles. The molecule has 282 valence electrons. The van der Waals surface area contributed by atoms with Gasteiger partial charge in [0, 0.05) is 29.7 Å². The van der Waals surface area contributed by atoms with Crippen LogP contribution < -0.4 is 9.47 Å². The van der Waals surface area contributed by atoms with E-state index in [1.807, 2.05) is 0 Å². The van der Waals surface area contributed by atoms with Gasteiger partial charge in [-0.2, -0.15) is 17.6 Å². The Kier molecular flexibility index (Phi) is 12.1. The number of carboxylic acid groups (broad SMARTS) is 1. The number of benzene rings is 3. The lowest BCUT2D eigenvalue weighted by molar-refractivity contribution is -0.574. The van der Waals surface area contributed by atoms with E-state index in [0.717, 1.165) is 0 Å². The lowest BCUT2D eigenvalue weighted by atomic mass is 9.77. The zero-order valence-electron chi connectivity index (χ0n) is 24.5. The first-order valence-electron chi connectivity index (χ1n) is 13.3. The molecule has 0 bridgehead atoms. The highest BCUT2D eigenvalue weighted by Gasteiger charge is 2.50. The Balaban J connectivity index is 2.21. The second-order valence-electron chi connectivity index (χ2n) is 10.3. The lowest BCUT2D eigenvalue weighted by Gasteiger charge is -2.29. The Bertz CT molecular complexity index is 1920. The topological polar surface area (TPSA) is 133 Å². The maximum absolute atomic E-state index is 15.0. The molecule has 9 nitrogen and oxygen atoms in total. The minimum atomic E-state index is -3.47. The number of nitrogens with zero attached hydrogens (tertiary/aromatic N) is 1. The average Bonchev–Trinajstić information content (AvgIpc) is 3.10. The maximum atomic E-state index is 15.0. The highest BCUT2D eigenvalue weighted by atomic mass is 19.2. The number of carbonyl (C=O) groups excluding carboxylic acids is 2. The number of carbonyl (C=O) groups is 3. The van der Waals surface area contributed by atoms with Crippen molar-refractivity contribution in [1.82, 2.24) is 0 Å². The van der Waals surface area contributed by atoms with Crippen LogP contribution in [0.15, 0.2) is 0 Å². The predicted octanol–water partition coefficient (Wildman–Crippen LogP) is 7.12. The van der Waals surface area contributed by atoms with Crippen LogP contribution in [0.2, 0.25) is 0 Å². The number of halogens is 15. The molecular formula is C28H12F15NO8. The summed E-state index contributed by atoms with van der Waals surface area (Å²) in [7, 11) is 0. The fourth-order valence-electron chi connectivity index (χ4n) is 4.56. The second-order valence-corrected chi connectivity index (χ2v) is 10.3. The van der Waals surface area contributed by atoms with Crippen LogP contribution in [0.25, 0.3) is 0 Å². The molecule has 1 N–H and O–H groups in total. The van der Waals surface area contributed by atoms with Crippen LogP contribution >= 0.6 is 0 Å². The number of ether oxygens (including phenoxy) is 2. The van der Waals surface area contributed by atoms with Gasteiger partial charge in [-0.3, -0.25) is 24.5 Å². The SMILES string of the molecule is O=C(O)CCC(CCC(=O)Oc1c(F)c(F)c(F)c(F)c1F)(CC(C(=O)Oc1c(F)c(F)c(F)c(F)c1F)c1c(F)c(F)c(F)c(F)c1F)[N+](=O)[O-]. The van der Waals surface area contributed by atoms with E-state index < -0.39 is 171 Å². The first-order chi connectivity index (χ1) is 24.0. The molecule has 0 radical (unpaired) electrons. The molecular weight excluding hydrogens is 763 g/mol. The normalized spacial score (nSPS) is 13.1. The Labute approximate surface area is 276 Å². The van der Waals surface area contributed by atoms with Gasteiger partial charge in [0.2, 0.25) is 81.0 Å². The molecule has 2 atom stereocenters. The van der Waals surface area contributed by atoms with Gasteiger partial charge in [0.15, 0.2) is 23.3 Å². The van der Waals surface area contributed by atoms with Crippen LogP contribution in [0.4, 0.5) is 65.9 Å². The highest BCUT2D eigenvalue weighted by molar-refractivity contribution is 5.81. The third-order valence-electron chi connectivity index (χ3n) is 7.20. The number of carboxylic acids is 1. The van der Waals surface area contributed by atoms with Crippen molar-refractivity contribution >= 4 is 17.9 Å². The van der Waals surface area contributed by atoms with Crippen molar-refractivity contribution in [1.29, 1.82) is 0 Å². The van der Waals surface area contributed by atoms with Crippen LogP contribution in [0.1, 0.15) is 43.6 Å². The van der Waals surface area contributed by atoms with Gasteiger partial charge in [0.05, 0.1) is 18.8 Å². The minimum absolute atomic E-state index is 1.44. The molecule has 0 saturated heterocycles. The molecule has 2 unspecified atom stereocenters. The lowest BCUT2D eigenvalue weighted by Crippen LogP contribution is -2.43. The molecule has 0 fully saturated rings. The van der Waals surface area contributed by atoms with Gasteiger partial charge in [-0.25, -0.2) is 48.3 Å². The van der Waals surface area contributed by atoms with E-state index in [1.165, 1.54) is 0 Å². The van der Waals surface area contributed by atoms with E-state index in [0.29, 0.717) is 0 Å². The Hall–Kier alpha value is -5.58. The fraction of sp³-hybridized carbons (Fsp3) is 0.250. The summed E-state index contributed by atoms with van der Waals surface area (Å²) < 4.78 is 218. The molecule has 24 heteroatoms. The molecule has 0 heterocycles. The van der Waals surface area contributed by atoms with E-state index in [4.69, 9.17) is 5.11 Å². The summed E-state index contributed by atoms with van der Waals surface area (Å²) >= 11 is 0. The Morgan fingerprint density at radius 1 is 0.558 bits per heavy atom. The van der Waals surface area contributed by atoms with Crippen molar-refractivity contribution < 1.29 is 99.7 Å². The summed E-state index contributed by atoms with van der Waals surface area (Å²) in [4.78, 5) is 47.6. The monoisotopic (exact) mass is 775 g/mol. The highest BCUT2D eigenvalue weighted by Crippen LogP contribution is 2.41. The summed E-state index contributed by atoms with van der Waals surface area (Å²) in [6, 6.07) is 0. The first kappa shape index (κ1) is 40.8. The zero-order valence-corrected chi connectivity index (χ0v) is 24.5. The van der Waals surface area contributed by atoms with Crippen molar-refractivity contribution in [2.75, 3.05) is 0 Å². The Morgan fingerprint density at radius 3 is 1.25 bits per heavy atom. The van der Waals surface area contributed by atoms with E-state index in [1.54, 1.807) is 0 Å². The van der Waals surface area contributed by atoms with Crippen molar-refractivity contribution in [2.45, 2.75) is 43.6 Å². The average molecular weight is 775 g/mol. The van der Waals surface area contributed by atoms with Crippen molar-refractivity contribution in [3.63, 3.8) is 0 Å². The molecule has 0 aliphatic carbocycles. The van der Waals surface area contributed by atoms with Crippen LogP contribution in [-0.2, 0) is 14.4 Å². The van der Waals surface area contributed by atoms with Gasteiger partial charge >= 0.3 is 17.9 Å². The van der Waals surface area contributed by atoms with E-state index in [2.05, 4.69) is 9.47 Å². The molecule has 3 aromatic rings. The zero-order chi connectivity index (χ0) is 39.7. The predicted molar refractivity (Wildman–Crippen MR) is 133 cm³/mol. The molecule has 0 amide bonds. The van der Waals surface area contributed by atoms with E-state index in [-0.39, 0.29) is 0 Å². The van der Waals surface area contributed by atoms with Gasteiger partial charge in [-0.1, -0.05) is 0 Å². The third kappa shape index (κ3) is 7.54. The van der Waals surface area contributed by atoms with Crippen molar-refractivity contribution in [3.8, 4) is 11.5 Å². The quantitative estimate of drug-likeness (QED) is 0.0370. The van der Waals surface area contributed by atoms with Crippen LogP contribution in [0.5, 0.6) is 11.5 Å². The van der Waals surface area contributed by atoms with Gasteiger partial charge in [-0.05, 0) is 0 Å². The number of aliphatic carboxylic acids is 1. The van der Waals surface area contributed by atoms with Gasteiger partial charge in [0.1, 0.15) is 0 Å². The summed E-state index contributed by atoms with van der Waals surface area (Å²) in [5.41, 5.74) is -5.86. The van der Waals surface area contributed by atoms with Gasteiger partial charge in [0.25, 0.3) is 0 Å². The molecule has 52 heavy (non-hydrogen) atoms. The third-order valence-corrected chi connectivity index (χ3v) is 7.20. The first-order valence-corrected chi connectivity index (χ1v) is 13.3. The fourth-order valence-corrected chi connectivity index (χ4v) is 4.56. The van der Waals surface area contributed by atoms with Gasteiger partial charge < -0.3 is 14.6 Å². The number of hydrogen-bond donors (Lipinski definition) is 1. The molecule has 3 rings (SSSR count). The second kappa shape index (κ2) is 15.3. The number of rotatable bonds is 13. The Morgan fingerprint density at radius 2 is 0.885 bits per heavy atom. The molecule has 0 aliphatic heterocycles. The number of nitro groups is 1.